The van der Waals surface area contributed by atoms with Crippen LogP contribution in [0.3, 0.4) is 0 Å². The number of carbonyl (C=O) groups excluding carboxylic acids is 1. The zero-order chi connectivity index (χ0) is 8.27. The number of rotatable bonds is 2. The lowest BCUT2D eigenvalue weighted by atomic mass is 10.1. The average Bonchev–Trinajstić information content (AvgIpc) is 2.04. The van der Waals surface area contributed by atoms with Crippen LogP contribution in [-0.2, 0) is 6.42 Å². The summed E-state index contributed by atoms with van der Waals surface area (Å²) in [6, 6.07) is 8.08. The summed E-state index contributed by atoms with van der Waals surface area (Å²) in [7, 11) is 0. The molecule has 11 heavy (non-hydrogen) atoms. The van der Waals surface area contributed by atoms with Crippen LogP contribution in [0.4, 0.5) is 0 Å². The first-order valence-electron chi connectivity index (χ1n) is 3.54. The molecule has 1 aromatic carbocycles. The van der Waals surface area contributed by atoms with Crippen LogP contribution < -0.4 is 5.73 Å². The van der Waals surface area contributed by atoms with Gasteiger partial charge in [0, 0.05) is 5.56 Å². The highest BCUT2D eigenvalue weighted by molar-refractivity contribution is 5.94. The highest BCUT2D eigenvalue weighted by Crippen LogP contribution is 2.07. The second kappa shape index (κ2) is 3.19. The van der Waals surface area contributed by atoms with E-state index in [-0.39, 0.29) is 5.91 Å². The second-order valence-corrected chi connectivity index (χ2v) is 2.30. The fraction of sp³-hybridized carbons (Fsp3) is 0.222. The Bertz CT molecular complexity index is 268. The quantitative estimate of drug-likeness (QED) is 0.671. The third-order valence-electron chi connectivity index (χ3n) is 1.60. The Morgan fingerprint density at radius 3 is 2.91 bits per heavy atom. The largest absolute Gasteiger partial charge is 0.366 e. The number of hydrogen-bond acceptors (Lipinski definition) is 1. The van der Waals surface area contributed by atoms with Crippen molar-refractivity contribution in [3.8, 4) is 0 Å². The molecule has 57 valence electrons. The molecule has 0 aliphatic rings. The first-order valence-corrected chi connectivity index (χ1v) is 3.54. The lowest BCUT2D eigenvalue weighted by Gasteiger charge is -2.01. The Hall–Kier alpha value is -1.31. The second-order valence-electron chi connectivity index (χ2n) is 2.30. The summed E-state index contributed by atoms with van der Waals surface area (Å²) in [6.07, 6.45) is 0.815. The van der Waals surface area contributed by atoms with E-state index in [4.69, 9.17) is 5.73 Å². The molecule has 2 N–H and O–H groups in total. The fourth-order valence-electron chi connectivity index (χ4n) is 0.998. The molecule has 0 spiro atoms. The van der Waals surface area contributed by atoms with E-state index >= 15 is 0 Å². The molecule has 0 saturated heterocycles. The minimum absolute atomic E-state index is 0.365. The van der Waals surface area contributed by atoms with Crippen LogP contribution in [0.25, 0.3) is 0 Å². The number of carbonyl (C=O) groups is 1. The molecular weight excluding hydrogens is 138 g/mol. The predicted octanol–water partition coefficient (Wildman–Crippen LogP) is 1.15. The van der Waals surface area contributed by atoms with Crippen molar-refractivity contribution in [2.45, 2.75) is 13.3 Å². The minimum atomic E-state index is -0.365. The van der Waals surface area contributed by atoms with E-state index in [2.05, 4.69) is 6.07 Å². The molecule has 1 radical (unpaired) electrons. The normalized spacial score (nSPS) is 9.55. The molecule has 1 rings (SSSR count). The molecule has 0 heterocycles. The van der Waals surface area contributed by atoms with Crippen molar-refractivity contribution in [3.05, 3.63) is 35.4 Å². The van der Waals surface area contributed by atoms with Crippen molar-refractivity contribution >= 4 is 5.91 Å². The van der Waals surface area contributed by atoms with Crippen molar-refractivity contribution in [3.63, 3.8) is 0 Å². The van der Waals surface area contributed by atoms with Gasteiger partial charge >= 0.3 is 0 Å². The Kier molecular flexibility index (Phi) is 2.26. The third-order valence-corrected chi connectivity index (χ3v) is 1.60. The first-order chi connectivity index (χ1) is 5.25. The monoisotopic (exact) mass is 148 g/mol. The van der Waals surface area contributed by atoms with Gasteiger partial charge in [0.1, 0.15) is 0 Å². The van der Waals surface area contributed by atoms with E-state index in [0.717, 1.165) is 12.0 Å². The number of nitrogens with two attached hydrogens (primary N) is 1. The average molecular weight is 148 g/mol. The third kappa shape index (κ3) is 1.58. The lowest BCUT2D eigenvalue weighted by Crippen LogP contribution is -2.13. The van der Waals surface area contributed by atoms with Gasteiger partial charge in [-0.1, -0.05) is 19.1 Å². The highest BCUT2D eigenvalue weighted by Gasteiger charge is 2.03. The van der Waals surface area contributed by atoms with Crippen LogP contribution >= 0.6 is 0 Å². The standard InChI is InChI=1S/C9H10NO/c1-2-7-5-3-4-6-8(7)9(10)11/h4-6H,2H2,1H3,(H2,10,11). The molecule has 2 heteroatoms. The van der Waals surface area contributed by atoms with Gasteiger partial charge in [-0.3, -0.25) is 4.79 Å². The number of amides is 1. The molecule has 1 aromatic rings. The van der Waals surface area contributed by atoms with E-state index in [9.17, 15) is 4.79 Å². The predicted molar refractivity (Wildman–Crippen MR) is 43.2 cm³/mol. The molecule has 0 bridgehead atoms. The molecule has 0 aliphatic heterocycles. The van der Waals surface area contributed by atoms with Gasteiger partial charge in [-0.15, -0.1) is 0 Å². The zero-order valence-electron chi connectivity index (χ0n) is 6.42. The Morgan fingerprint density at radius 1 is 1.73 bits per heavy atom. The van der Waals surface area contributed by atoms with Gasteiger partial charge in [0.25, 0.3) is 0 Å². The molecule has 1 amide bonds. The minimum Gasteiger partial charge on any atom is -0.366 e. The lowest BCUT2D eigenvalue weighted by molar-refractivity contribution is 0.0999. The zero-order valence-corrected chi connectivity index (χ0v) is 6.42. The summed E-state index contributed by atoms with van der Waals surface area (Å²) in [5.41, 5.74) is 6.70. The number of primary amides is 1. The Morgan fingerprint density at radius 2 is 2.45 bits per heavy atom. The topological polar surface area (TPSA) is 43.1 Å². The van der Waals surface area contributed by atoms with Crippen molar-refractivity contribution < 1.29 is 4.79 Å². The van der Waals surface area contributed by atoms with Crippen LogP contribution in [0.15, 0.2) is 18.2 Å². The molecule has 0 fully saturated rings. The van der Waals surface area contributed by atoms with E-state index in [0.29, 0.717) is 5.56 Å². The Balaban J connectivity index is 3.12. The van der Waals surface area contributed by atoms with Crippen LogP contribution in [0.5, 0.6) is 0 Å². The number of benzene rings is 1. The van der Waals surface area contributed by atoms with Crippen LogP contribution in [0.1, 0.15) is 22.8 Å². The van der Waals surface area contributed by atoms with Crippen LogP contribution in [0, 0.1) is 6.07 Å². The molecule has 0 aromatic heterocycles. The smallest absolute Gasteiger partial charge is 0.248 e. The van der Waals surface area contributed by atoms with Gasteiger partial charge in [0.05, 0.1) is 0 Å². The van der Waals surface area contributed by atoms with Gasteiger partial charge < -0.3 is 5.73 Å². The summed E-state index contributed by atoms with van der Waals surface area (Å²) in [6.45, 7) is 1.98. The number of hydrogen-bond donors (Lipinski definition) is 1. The van der Waals surface area contributed by atoms with E-state index in [1.807, 2.05) is 6.92 Å². The SMILES string of the molecule is CCc1c[c]ccc1C(N)=O. The van der Waals surface area contributed by atoms with Crippen molar-refractivity contribution in [2.75, 3.05) is 0 Å². The first kappa shape index (κ1) is 7.79. The van der Waals surface area contributed by atoms with E-state index in [1.54, 1.807) is 18.2 Å². The van der Waals surface area contributed by atoms with Crippen molar-refractivity contribution in [1.29, 1.82) is 0 Å². The van der Waals surface area contributed by atoms with Gasteiger partial charge in [-0.05, 0) is 24.1 Å². The molecule has 0 unspecified atom stereocenters. The molecular formula is C9H10NO. The van der Waals surface area contributed by atoms with Gasteiger partial charge in [0.2, 0.25) is 5.91 Å². The summed E-state index contributed by atoms with van der Waals surface area (Å²) >= 11 is 0. The van der Waals surface area contributed by atoms with Gasteiger partial charge in [-0.2, -0.15) is 0 Å². The van der Waals surface area contributed by atoms with E-state index in [1.165, 1.54) is 0 Å². The van der Waals surface area contributed by atoms with Gasteiger partial charge in [-0.25, -0.2) is 0 Å². The molecule has 0 aliphatic carbocycles. The maximum Gasteiger partial charge on any atom is 0.248 e. The van der Waals surface area contributed by atoms with Crippen LogP contribution in [0.2, 0.25) is 0 Å². The fourth-order valence-corrected chi connectivity index (χ4v) is 0.998. The summed E-state index contributed by atoms with van der Waals surface area (Å²) in [4.78, 5) is 10.8. The summed E-state index contributed by atoms with van der Waals surface area (Å²) in [5.74, 6) is -0.365. The summed E-state index contributed by atoms with van der Waals surface area (Å²) in [5, 5.41) is 0. The molecule has 0 saturated carbocycles. The molecule has 0 atom stereocenters. The Labute approximate surface area is 66.0 Å². The van der Waals surface area contributed by atoms with Crippen LogP contribution in [-0.4, -0.2) is 5.91 Å². The van der Waals surface area contributed by atoms with Crippen molar-refractivity contribution in [1.82, 2.24) is 0 Å². The summed E-state index contributed by atoms with van der Waals surface area (Å²) < 4.78 is 0. The van der Waals surface area contributed by atoms with E-state index < -0.39 is 0 Å². The van der Waals surface area contributed by atoms with Gasteiger partial charge in [0.15, 0.2) is 0 Å². The maximum atomic E-state index is 10.8. The highest BCUT2D eigenvalue weighted by atomic mass is 16.1. The number of aryl methyl sites for hydroxylation is 1. The molecule has 2 nitrogen and oxygen atoms in total. The van der Waals surface area contributed by atoms with Crippen molar-refractivity contribution in [2.24, 2.45) is 5.73 Å². The maximum absolute atomic E-state index is 10.8.